The average Bonchev–Trinajstić information content (AvgIpc) is 2.82. The Morgan fingerprint density at radius 1 is 1.11 bits per heavy atom. The van der Waals surface area contributed by atoms with Crippen LogP contribution in [0.2, 0.25) is 0 Å². The highest BCUT2D eigenvalue weighted by molar-refractivity contribution is 6.15. The summed E-state index contributed by atoms with van der Waals surface area (Å²) in [5.41, 5.74) is 3.86. The van der Waals surface area contributed by atoms with Gasteiger partial charge in [0.2, 0.25) is 0 Å². The van der Waals surface area contributed by atoms with E-state index in [4.69, 9.17) is 0 Å². The van der Waals surface area contributed by atoms with Gasteiger partial charge in [0.25, 0.3) is 5.69 Å². The van der Waals surface area contributed by atoms with Crippen LogP contribution >= 0.6 is 0 Å². The van der Waals surface area contributed by atoms with Crippen LogP contribution in [0.25, 0.3) is 0 Å². The van der Waals surface area contributed by atoms with Crippen LogP contribution in [0.15, 0.2) is 53.5 Å². The molecule has 0 radical (unpaired) electrons. The molecule has 0 amide bonds. The molecule has 18 heavy (non-hydrogen) atoms. The van der Waals surface area contributed by atoms with Gasteiger partial charge in [-0.3, -0.25) is 15.1 Å². The first-order valence-electron chi connectivity index (χ1n) is 5.63. The van der Waals surface area contributed by atoms with Crippen LogP contribution < -0.4 is 0 Å². The van der Waals surface area contributed by atoms with Crippen molar-refractivity contribution < 1.29 is 4.92 Å². The second-order valence-corrected chi connectivity index (χ2v) is 4.13. The Balaban J connectivity index is 2.10. The molecule has 88 valence electrons. The molecule has 1 aliphatic heterocycles. The molecular weight excluding hydrogens is 228 g/mol. The summed E-state index contributed by atoms with van der Waals surface area (Å²) < 4.78 is 0. The summed E-state index contributed by atoms with van der Waals surface area (Å²) >= 11 is 0. The van der Waals surface area contributed by atoms with Gasteiger partial charge in [-0.25, -0.2) is 0 Å². The molecule has 0 unspecified atom stereocenters. The normalized spacial score (nSPS) is 13.0. The number of nitro groups is 1. The van der Waals surface area contributed by atoms with Gasteiger partial charge in [-0.15, -0.1) is 0 Å². The third-order valence-electron chi connectivity index (χ3n) is 3.01. The van der Waals surface area contributed by atoms with Crippen molar-refractivity contribution in [1.29, 1.82) is 0 Å². The molecule has 2 aromatic carbocycles. The third kappa shape index (κ3) is 1.68. The van der Waals surface area contributed by atoms with E-state index in [1.165, 1.54) is 6.07 Å². The summed E-state index contributed by atoms with van der Waals surface area (Å²) in [7, 11) is 0. The summed E-state index contributed by atoms with van der Waals surface area (Å²) in [5.74, 6) is 0. The molecule has 0 saturated heterocycles. The lowest BCUT2D eigenvalue weighted by Crippen LogP contribution is -2.01. The van der Waals surface area contributed by atoms with Crippen LogP contribution in [-0.2, 0) is 6.54 Å². The van der Waals surface area contributed by atoms with Gasteiger partial charge >= 0.3 is 0 Å². The fourth-order valence-corrected chi connectivity index (χ4v) is 2.13. The summed E-state index contributed by atoms with van der Waals surface area (Å²) in [6, 6.07) is 14.7. The Morgan fingerprint density at radius 3 is 2.61 bits per heavy atom. The van der Waals surface area contributed by atoms with E-state index in [1.807, 2.05) is 30.3 Å². The lowest BCUT2D eigenvalue weighted by Gasteiger charge is -2.03. The summed E-state index contributed by atoms with van der Waals surface area (Å²) in [6.07, 6.45) is 0. The second kappa shape index (κ2) is 4.07. The first-order valence-corrected chi connectivity index (χ1v) is 5.63. The third-order valence-corrected chi connectivity index (χ3v) is 3.01. The molecule has 1 aliphatic rings. The van der Waals surface area contributed by atoms with Crippen LogP contribution in [0.1, 0.15) is 16.7 Å². The number of non-ortho nitro benzene ring substituents is 1. The Hall–Kier alpha value is -2.49. The van der Waals surface area contributed by atoms with Gasteiger partial charge in [0.1, 0.15) is 0 Å². The van der Waals surface area contributed by atoms with Gasteiger partial charge in [0, 0.05) is 23.3 Å². The quantitative estimate of drug-likeness (QED) is 0.596. The zero-order valence-corrected chi connectivity index (χ0v) is 9.54. The minimum atomic E-state index is -0.374. The highest BCUT2D eigenvalue weighted by atomic mass is 16.6. The maximum absolute atomic E-state index is 10.8. The Labute approximate surface area is 104 Å². The molecule has 0 saturated carbocycles. The van der Waals surface area contributed by atoms with Gasteiger partial charge in [-0.1, -0.05) is 30.3 Å². The Bertz CT molecular complexity index is 648. The maximum atomic E-state index is 10.8. The number of rotatable bonds is 2. The van der Waals surface area contributed by atoms with Crippen molar-refractivity contribution in [3.8, 4) is 0 Å². The van der Waals surface area contributed by atoms with Crippen LogP contribution in [0.5, 0.6) is 0 Å². The van der Waals surface area contributed by atoms with Crippen LogP contribution in [0.4, 0.5) is 5.69 Å². The number of nitrogens with zero attached hydrogens (tertiary/aromatic N) is 2. The smallest absolute Gasteiger partial charge is 0.270 e. The average molecular weight is 238 g/mol. The zero-order chi connectivity index (χ0) is 12.5. The zero-order valence-electron chi connectivity index (χ0n) is 9.54. The van der Waals surface area contributed by atoms with Crippen molar-refractivity contribution >= 4 is 11.4 Å². The number of hydrogen-bond acceptors (Lipinski definition) is 3. The molecule has 0 aliphatic carbocycles. The largest absolute Gasteiger partial charge is 0.279 e. The molecule has 0 aromatic heterocycles. The van der Waals surface area contributed by atoms with E-state index in [0.29, 0.717) is 6.54 Å². The molecule has 0 atom stereocenters. The summed E-state index contributed by atoms with van der Waals surface area (Å²) in [4.78, 5) is 14.9. The van der Waals surface area contributed by atoms with E-state index < -0.39 is 0 Å². The molecule has 0 spiro atoms. The Morgan fingerprint density at radius 2 is 1.89 bits per heavy atom. The molecule has 0 fully saturated rings. The van der Waals surface area contributed by atoms with Crippen molar-refractivity contribution in [2.45, 2.75) is 6.54 Å². The molecule has 2 aromatic rings. The molecule has 4 heteroatoms. The minimum absolute atomic E-state index is 0.110. The topological polar surface area (TPSA) is 55.5 Å². The minimum Gasteiger partial charge on any atom is -0.279 e. The van der Waals surface area contributed by atoms with Crippen LogP contribution in [-0.4, -0.2) is 10.6 Å². The van der Waals surface area contributed by atoms with Crippen molar-refractivity contribution in [2.24, 2.45) is 4.99 Å². The molecule has 3 rings (SSSR count). The van der Waals surface area contributed by atoms with Gasteiger partial charge < -0.3 is 0 Å². The van der Waals surface area contributed by atoms with Gasteiger partial charge in [0.15, 0.2) is 0 Å². The van der Waals surface area contributed by atoms with E-state index >= 15 is 0 Å². The van der Waals surface area contributed by atoms with Crippen molar-refractivity contribution in [2.75, 3.05) is 0 Å². The molecule has 0 N–H and O–H groups in total. The van der Waals surface area contributed by atoms with Crippen LogP contribution in [0.3, 0.4) is 0 Å². The fraction of sp³-hybridized carbons (Fsp3) is 0.0714. The number of nitro benzene ring substituents is 1. The van der Waals surface area contributed by atoms with Crippen molar-refractivity contribution in [3.63, 3.8) is 0 Å². The standard InChI is InChI=1S/C14H10N2O2/c17-16(18)12-7-6-11-9-15-14(13(11)8-12)10-4-2-1-3-5-10/h1-8H,9H2. The number of hydrogen-bond donors (Lipinski definition) is 0. The molecule has 1 heterocycles. The van der Waals surface area contributed by atoms with Gasteiger partial charge in [-0.05, 0) is 11.6 Å². The van der Waals surface area contributed by atoms with Gasteiger partial charge in [-0.2, -0.15) is 0 Å². The van der Waals surface area contributed by atoms with E-state index in [-0.39, 0.29) is 10.6 Å². The first-order chi connectivity index (χ1) is 8.75. The van der Waals surface area contributed by atoms with E-state index in [9.17, 15) is 10.1 Å². The predicted molar refractivity (Wildman–Crippen MR) is 68.9 cm³/mol. The van der Waals surface area contributed by atoms with Crippen molar-refractivity contribution in [3.05, 3.63) is 75.3 Å². The van der Waals surface area contributed by atoms with Gasteiger partial charge in [0.05, 0.1) is 17.2 Å². The molecular formula is C14H10N2O2. The lowest BCUT2D eigenvalue weighted by molar-refractivity contribution is -0.384. The Kier molecular flexibility index (Phi) is 2.41. The monoisotopic (exact) mass is 238 g/mol. The van der Waals surface area contributed by atoms with E-state index in [0.717, 1.165) is 22.4 Å². The predicted octanol–water partition coefficient (Wildman–Crippen LogP) is 2.95. The summed E-state index contributed by atoms with van der Waals surface area (Å²) in [5, 5.41) is 10.8. The highest BCUT2D eigenvalue weighted by Gasteiger charge is 2.20. The summed E-state index contributed by atoms with van der Waals surface area (Å²) in [6.45, 7) is 0.595. The second-order valence-electron chi connectivity index (χ2n) is 4.13. The van der Waals surface area contributed by atoms with E-state index in [2.05, 4.69) is 4.99 Å². The van der Waals surface area contributed by atoms with Crippen LogP contribution in [0, 0.1) is 10.1 Å². The molecule has 0 bridgehead atoms. The molecule has 4 nitrogen and oxygen atoms in total. The first kappa shape index (κ1) is 10.7. The SMILES string of the molecule is O=[N+]([O-])c1ccc2c(c1)C(c1ccccc1)=NC2. The van der Waals surface area contributed by atoms with Crippen molar-refractivity contribution in [1.82, 2.24) is 0 Å². The number of benzene rings is 2. The maximum Gasteiger partial charge on any atom is 0.270 e. The van der Waals surface area contributed by atoms with E-state index in [1.54, 1.807) is 12.1 Å². The lowest BCUT2D eigenvalue weighted by atomic mass is 10.00. The highest BCUT2D eigenvalue weighted by Crippen LogP contribution is 2.26. The number of aliphatic imine (C=N–C) groups is 1. The fourth-order valence-electron chi connectivity index (χ4n) is 2.13. The number of fused-ring (bicyclic) bond motifs is 1.